The van der Waals surface area contributed by atoms with Gasteiger partial charge in [0.1, 0.15) is 5.75 Å². The second kappa shape index (κ2) is 19.6. The summed E-state index contributed by atoms with van der Waals surface area (Å²) in [5.74, 6) is -0.369. The molecule has 0 bridgehead atoms. The molecule has 2 N–H and O–H groups in total. The lowest BCUT2D eigenvalue weighted by atomic mass is 9.89. The third kappa shape index (κ3) is 11.5. The number of carbonyl (C=O) groups excluding carboxylic acids is 2. The number of ether oxygens (including phenoxy) is 3. The van der Waals surface area contributed by atoms with E-state index < -0.39 is 11.9 Å². The van der Waals surface area contributed by atoms with Crippen LogP contribution in [0.4, 0.5) is 0 Å². The van der Waals surface area contributed by atoms with E-state index in [0.29, 0.717) is 49.9 Å². The van der Waals surface area contributed by atoms with Gasteiger partial charge in [-0.05, 0) is 110 Å². The van der Waals surface area contributed by atoms with Gasteiger partial charge in [0.15, 0.2) is 0 Å². The number of aryl methyl sites for hydroxylation is 4. The first-order valence-electron chi connectivity index (χ1n) is 16.9. The molecule has 3 rings (SSSR count). The van der Waals surface area contributed by atoms with E-state index in [1.807, 2.05) is 0 Å². The summed E-state index contributed by atoms with van der Waals surface area (Å²) in [7, 11) is 0. The number of hydrogen-bond donors (Lipinski definition) is 2. The topological polar surface area (TPSA) is 102 Å². The van der Waals surface area contributed by atoms with Gasteiger partial charge >= 0.3 is 11.9 Å². The van der Waals surface area contributed by atoms with Gasteiger partial charge in [-0.25, -0.2) is 9.59 Å². The maximum Gasteiger partial charge on any atom is 0.333 e. The van der Waals surface area contributed by atoms with Crippen molar-refractivity contribution in [1.82, 2.24) is 0 Å². The number of esters is 2. The average molecular weight is 657 g/mol. The molecule has 0 heterocycles. The zero-order valence-corrected chi connectivity index (χ0v) is 29.1. The minimum absolute atomic E-state index is 0.126. The first-order valence-corrected chi connectivity index (χ1v) is 16.9. The van der Waals surface area contributed by atoms with E-state index >= 15 is 0 Å². The predicted octanol–water partition coefficient (Wildman–Crippen LogP) is 7.76. The van der Waals surface area contributed by atoms with Gasteiger partial charge in [-0.15, -0.1) is 0 Å². The first kappa shape index (κ1) is 38.2. The number of hydrogen-bond acceptors (Lipinski definition) is 7. The highest BCUT2D eigenvalue weighted by molar-refractivity contribution is 5.87. The van der Waals surface area contributed by atoms with Crippen molar-refractivity contribution >= 4 is 11.9 Å². The summed E-state index contributed by atoms with van der Waals surface area (Å²) in [4.78, 5) is 24.1. The van der Waals surface area contributed by atoms with Crippen molar-refractivity contribution in [3.05, 3.63) is 101 Å². The van der Waals surface area contributed by atoms with Crippen LogP contribution in [-0.2, 0) is 38.3 Å². The Bertz CT molecular complexity index is 1480. The predicted molar refractivity (Wildman–Crippen MR) is 192 cm³/mol. The van der Waals surface area contributed by atoms with E-state index in [9.17, 15) is 19.8 Å². The highest BCUT2D eigenvalue weighted by Crippen LogP contribution is 2.36. The van der Waals surface area contributed by atoms with Crippen LogP contribution in [0.15, 0.2) is 78.9 Å². The molecule has 3 aromatic rings. The van der Waals surface area contributed by atoms with Crippen LogP contribution in [0.5, 0.6) is 5.75 Å². The standard InChI is InChI=1S/C41H52O7/c1-7-10-34-23-33(32-15-13-30(6)14-16-32)17-18-38(34)37-24-35(11-8-20-47-40(44)28(2)3)39(46-22-19-31(26-42)27-43)36(25-37)12-9-21-48-41(45)29(4)5/h13-18,23-25,31,42-43H,2,4,7-12,19-22,26-27H2,1,3,5-6H3. The van der Waals surface area contributed by atoms with Crippen LogP contribution in [0.1, 0.15) is 68.7 Å². The molecule has 0 radical (unpaired) electrons. The normalized spacial score (nSPS) is 11.0. The molecule has 0 spiro atoms. The summed E-state index contributed by atoms with van der Waals surface area (Å²) in [5.41, 5.74) is 9.68. The molecule has 0 aliphatic rings. The van der Waals surface area contributed by atoms with Crippen LogP contribution < -0.4 is 4.74 Å². The molecular weight excluding hydrogens is 604 g/mol. The van der Waals surface area contributed by atoms with Gasteiger partial charge in [-0.1, -0.05) is 74.5 Å². The zero-order valence-electron chi connectivity index (χ0n) is 29.1. The Morgan fingerprint density at radius 1 is 0.708 bits per heavy atom. The van der Waals surface area contributed by atoms with Crippen LogP contribution in [0.2, 0.25) is 0 Å². The Morgan fingerprint density at radius 3 is 1.73 bits per heavy atom. The number of carbonyl (C=O) groups is 2. The molecule has 0 aromatic heterocycles. The van der Waals surface area contributed by atoms with E-state index in [-0.39, 0.29) is 32.3 Å². The number of aliphatic hydroxyl groups excluding tert-OH is 2. The SMILES string of the molecule is C=C(C)C(=O)OCCCc1cc(-c2ccc(-c3ccc(C)cc3)cc2CCC)cc(CCCOC(=O)C(=C)C)c1OCCC(CO)CO. The maximum absolute atomic E-state index is 12.0. The molecule has 0 saturated heterocycles. The van der Waals surface area contributed by atoms with Crippen molar-refractivity contribution in [2.45, 2.75) is 72.6 Å². The molecule has 0 amide bonds. The van der Waals surface area contributed by atoms with E-state index in [1.165, 1.54) is 22.3 Å². The molecular formula is C41H52O7. The molecule has 0 unspecified atom stereocenters. The van der Waals surface area contributed by atoms with E-state index in [4.69, 9.17) is 14.2 Å². The van der Waals surface area contributed by atoms with Crippen LogP contribution in [-0.4, -0.2) is 55.2 Å². The average Bonchev–Trinajstić information content (AvgIpc) is 3.07. The van der Waals surface area contributed by atoms with Crippen LogP contribution in [0.3, 0.4) is 0 Å². The molecule has 3 aromatic carbocycles. The summed E-state index contributed by atoms with van der Waals surface area (Å²) >= 11 is 0. The highest BCUT2D eigenvalue weighted by atomic mass is 16.5. The maximum atomic E-state index is 12.0. The van der Waals surface area contributed by atoms with Gasteiger partial charge in [0, 0.05) is 30.3 Å². The lowest BCUT2D eigenvalue weighted by molar-refractivity contribution is -0.139. The van der Waals surface area contributed by atoms with Crippen molar-refractivity contribution in [3.63, 3.8) is 0 Å². The second-order valence-electron chi connectivity index (χ2n) is 12.5. The monoisotopic (exact) mass is 656 g/mol. The molecule has 0 aliphatic heterocycles. The van der Waals surface area contributed by atoms with Gasteiger partial charge < -0.3 is 24.4 Å². The zero-order chi connectivity index (χ0) is 35.1. The van der Waals surface area contributed by atoms with Crippen molar-refractivity contribution < 1.29 is 34.0 Å². The fraction of sp³-hybridized carbons (Fsp3) is 0.415. The van der Waals surface area contributed by atoms with E-state index in [2.05, 4.69) is 81.6 Å². The smallest absolute Gasteiger partial charge is 0.333 e. The summed E-state index contributed by atoms with van der Waals surface area (Å²) in [5, 5.41) is 19.2. The molecule has 7 nitrogen and oxygen atoms in total. The summed E-state index contributed by atoms with van der Waals surface area (Å²) in [6, 6.07) is 19.5. The van der Waals surface area contributed by atoms with Crippen LogP contribution in [0.25, 0.3) is 22.3 Å². The molecule has 0 atom stereocenters. The van der Waals surface area contributed by atoms with Crippen LogP contribution >= 0.6 is 0 Å². The Labute approximate surface area is 286 Å². The lowest BCUT2D eigenvalue weighted by Crippen LogP contribution is -2.16. The molecule has 0 fully saturated rings. The molecule has 258 valence electrons. The lowest BCUT2D eigenvalue weighted by Gasteiger charge is -2.21. The molecule has 7 heteroatoms. The Morgan fingerprint density at radius 2 is 1.23 bits per heavy atom. The molecule has 48 heavy (non-hydrogen) atoms. The summed E-state index contributed by atoms with van der Waals surface area (Å²) in [6.45, 7) is 15.4. The van der Waals surface area contributed by atoms with Gasteiger partial charge in [0.05, 0.1) is 19.8 Å². The number of rotatable bonds is 20. The highest BCUT2D eigenvalue weighted by Gasteiger charge is 2.18. The molecule has 0 aliphatic carbocycles. The van der Waals surface area contributed by atoms with E-state index in [1.54, 1.807) is 13.8 Å². The van der Waals surface area contributed by atoms with Gasteiger partial charge in [0.2, 0.25) is 0 Å². The summed E-state index contributed by atoms with van der Waals surface area (Å²) < 4.78 is 17.2. The quantitative estimate of drug-likeness (QED) is 0.0728. The van der Waals surface area contributed by atoms with Crippen molar-refractivity contribution in [3.8, 4) is 28.0 Å². The third-order valence-electron chi connectivity index (χ3n) is 8.20. The second-order valence-corrected chi connectivity index (χ2v) is 12.5. The Kier molecular flexibility index (Phi) is 15.6. The van der Waals surface area contributed by atoms with Crippen molar-refractivity contribution in [2.24, 2.45) is 5.92 Å². The van der Waals surface area contributed by atoms with Gasteiger partial charge in [0.25, 0.3) is 0 Å². The number of benzene rings is 3. The molecule has 0 saturated carbocycles. The Balaban J connectivity index is 2.06. The summed E-state index contributed by atoms with van der Waals surface area (Å²) in [6.07, 6.45) is 4.74. The minimum Gasteiger partial charge on any atom is -0.493 e. The fourth-order valence-corrected chi connectivity index (χ4v) is 5.41. The van der Waals surface area contributed by atoms with Crippen LogP contribution in [0, 0.1) is 12.8 Å². The number of aliphatic hydroxyl groups is 2. The van der Waals surface area contributed by atoms with Gasteiger partial charge in [-0.2, -0.15) is 0 Å². The van der Waals surface area contributed by atoms with Crippen molar-refractivity contribution in [2.75, 3.05) is 33.0 Å². The fourth-order valence-electron chi connectivity index (χ4n) is 5.41. The third-order valence-corrected chi connectivity index (χ3v) is 8.20. The Hall–Kier alpha value is -4.20. The minimum atomic E-state index is -0.415. The van der Waals surface area contributed by atoms with E-state index in [0.717, 1.165) is 40.8 Å². The first-order chi connectivity index (χ1) is 23.1. The van der Waals surface area contributed by atoms with Gasteiger partial charge in [-0.3, -0.25) is 0 Å². The van der Waals surface area contributed by atoms with Crippen molar-refractivity contribution in [1.29, 1.82) is 0 Å². The largest absolute Gasteiger partial charge is 0.493 e.